The summed E-state index contributed by atoms with van der Waals surface area (Å²) in [7, 11) is -3.53. The van der Waals surface area contributed by atoms with E-state index < -0.39 is 10.0 Å². The Labute approximate surface area is 150 Å². The molecule has 0 radical (unpaired) electrons. The number of benzene rings is 1. The molecule has 2 aromatic rings. The van der Waals surface area contributed by atoms with Gasteiger partial charge in [-0.1, -0.05) is 25.5 Å². The van der Waals surface area contributed by atoms with Crippen LogP contribution in [0.25, 0.3) is 0 Å². The van der Waals surface area contributed by atoms with Crippen LogP contribution in [-0.4, -0.2) is 33.0 Å². The summed E-state index contributed by atoms with van der Waals surface area (Å²) in [6.07, 6.45) is 6.05. The molecule has 25 heavy (non-hydrogen) atoms. The molecule has 1 aliphatic heterocycles. The summed E-state index contributed by atoms with van der Waals surface area (Å²) >= 11 is 0. The average molecular weight is 362 g/mol. The van der Waals surface area contributed by atoms with E-state index in [0.29, 0.717) is 11.4 Å². The first-order valence-electron chi connectivity index (χ1n) is 8.96. The van der Waals surface area contributed by atoms with Gasteiger partial charge in [0.05, 0.1) is 17.2 Å². The molecule has 1 saturated heterocycles. The highest BCUT2D eigenvalue weighted by atomic mass is 32.2. The lowest BCUT2D eigenvalue weighted by Crippen LogP contribution is -2.40. The summed E-state index contributed by atoms with van der Waals surface area (Å²) in [5, 5.41) is 0. The molecule has 6 heteroatoms. The van der Waals surface area contributed by atoms with Gasteiger partial charge >= 0.3 is 0 Å². The van der Waals surface area contributed by atoms with E-state index in [-0.39, 0.29) is 6.04 Å². The number of hydrogen-bond donors (Lipinski definition) is 1. The molecule has 1 aromatic carbocycles. The molecular formula is C19H26N2O3S. The average Bonchev–Trinajstić information content (AvgIpc) is 3.17. The number of sulfonamides is 1. The summed E-state index contributed by atoms with van der Waals surface area (Å²) < 4.78 is 33.6. The normalized spacial score (nSPS) is 17.5. The van der Waals surface area contributed by atoms with Gasteiger partial charge in [0.2, 0.25) is 10.0 Å². The molecule has 5 nitrogen and oxygen atoms in total. The van der Waals surface area contributed by atoms with Crippen LogP contribution in [0.15, 0.2) is 52.0 Å². The number of piperidine rings is 1. The van der Waals surface area contributed by atoms with Gasteiger partial charge in [0.15, 0.2) is 0 Å². The Morgan fingerprint density at radius 2 is 1.84 bits per heavy atom. The van der Waals surface area contributed by atoms with Gasteiger partial charge in [-0.05, 0) is 62.2 Å². The van der Waals surface area contributed by atoms with Crippen LogP contribution in [0, 0.1) is 0 Å². The maximum atomic E-state index is 12.6. The second-order valence-electron chi connectivity index (χ2n) is 6.48. The molecule has 1 fully saturated rings. The number of hydrogen-bond acceptors (Lipinski definition) is 4. The number of nitrogens with zero attached hydrogens (tertiary/aromatic N) is 1. The highest BCUT2D eigenvalue weighted by molar-refractivity contribution is 7.89. The molecule has 3 rings (SSSR count). The molecule has 0 amide bonds. The maximum absolute atomic E-state index is 12.6. The summed E-state index contributed by atoms with van der Waals surface area (Å²) in [6.45, 7) is 4.30. The fourth-order valence-electron chi connectivity index (χ4n) is 3.30. The van der Waals surface area contributed by atoms with Crippen LogP contribution in [0.3, 0.4) is 0 Å². The second kappa shape index (κ2) is 8.17. The highest BCUT2D eigenvalue weighted by Crippen LogP contribution is 2.25. The minimum Gasteiger partial charge on any atom is -0.468 e. The van der Waals surface area contributed by atoms with Gasteiger partial charge in [-0.15, -0.1) is 0 Å². The highest BCUT2D eigenvalue weighted by Gasteiger charge is 2.26. The van der Waals surface area contributed by atoms with Crippen LogP contribution >= 0.6 is 0 Å². The van der Waals surface area contributed by atoms with Crippen LogP contribution in [0.5, 0.6) is 0 Å². The topological polar surface area (TPSA) is 62.6 Å². The first-order valence-corrected chi connectivity index (χ1v) is 10.4. The van der Waals surface area contributed by atoms with E-state index in [4.69, 9.17) is 4.42 Å². The maximum Gasteiger partial charge on any atom is 0.240 e. The molecule has 0 saturated carbocycles. The zero-order valence-corrected chi connectivity index (χ0v) is 15.5. The number of furan rings is 1. The predicted molar refractivity (Wildman–Crippen MR) is 97.9 cm³/mol. The van der Waals surface area contributed by atoms with E-state index in [0.717, 1.165) is 43.7 Å². The largest absolute Gasteiger partial charge is 0.468 e. The smallest absolute Gasteiger partial charge is 0.240 e. The second-order valence-corrected chi connectivity index (χ2v) is 8.24. The van der Waals surface area contributed by atoms with E-state index >= 15 is 0 Å². The Kier molecular flexibility index (Phi) is 5.93. The van der Waals surface area contributed by atoms with E-state index in [1.54, 1.807) is 18.4 Å². The van der Waals surface area contributed by atoms with Crippen LogP contribution in [0.4, 0.5) is 0 Å². The molecule has 1 atom stereocenters. The molecule has 2 heterocycles. The Hall–Kier alpha value is -1.63. The summed E-state index contributed by atoms with van der Waals surface area (Å²) in [6, 6.07) is 10.8. The minimum atomic E-state index is -3.53. The molecule has 1 unspecified atom stereocenters. The first-order chi connectivity index (χ1) is 12.1. The van der Waals surface area contributed by atoms with Crippen LogP contribution in [0.2, 0.25) is 0 Å². The molecule has 0 spiro atoms. The zero-order chi connectivity index (χ0) is 17.7. The predicted octanol–water partition coefficient (Wildman–Crippen LogP) is 3.35. The lowest BCUT2D eigenvalue weighted by Gasteiger charge is -2.33. The molecule has 136 valence electrons. The Bertz CT molecular complexity index is 748. The van der Waals surface area contributed by atoms with Crippen molar-refractivity contribution in [2.75, 3.05) is 19.6 Å². The summed E-state index contributed by atoms with van der Waals surface area (Å²) in [5.74, 6) is 0.811. The SMILES string of the molecule is CCc1ccc(S(=O)(=O)NCC(c2ccco2)N2CCCCC2)cc1. The van der Waals surface area contributed by atoms with Crippen molar-refractivity contribution >= 4 is 10.0 Å². The lowest BCUT2D eigenvalue weighted by atomic mass is 10.1. The van der Waals surface area contributed by atoms with Crippen LogP contribution < -0.4 is 4.72 Å². The van der Waals surface area contributed by atoms with Crippen molar-refractivity contribution in [3.63, 3.8) is 0 Å². The zero-order valence-electron chi connectivity index (χ0n) is 14.6. The number of rotatable bonds is 7. The Morgan fingerprint density at radius 3 is 2.44 bits per heavy atom. The molecular weight excluding hydrogens is 336 g/mol. The van der Waals surface area contributed by atoms with Crippen LogP contribution in [0.1, 0.15) is 43.6 Å². The van der Waals surface area contributed by atoms with E-state index in [2.05, 4.69) is 9.62 Å². The van der Waals surface area contributed by atoms with Crippen molar-refractivity contribution in [3.05, 3.63) is 54.0 Å². The molecule has 0 aliphatic carbocycles. The number of aryl methyl sites for hydroxylation is 1. The van der Waals surface area contributed by atoms with Gasteiger partial charge in [-0.2, -0.15) is 0 Å². The minimum absolute atomic E-state index is 0.0695. The van der Waals surface area contributed by atoms with E-state index in [1.165, 1.54) is 6.42 Å². The van der Waals surface area contributed by atoms with Crippen LogP contribution in [-0.2, 0) is 16.4 Å². The van der Waals surface area contributed by atoms with Crippen molar-refractivity contribution < 1.29 is 12.8 Å². The standard InChI is InChI=1S/C19H26N2O3S/c1-2-16-8-10-17(11-9-16)25(22,23)20-15-18(19-7-6-14-24-19)21-12-4-3-5-13-21/h6-11,14,18,20H,2-5,12-13,15H2,1H3. The third-order valence-corrected chi connectivity index (χ3v) is 6.25. The Morgan fingerprint density at radius 1 is 1.12 bits per heavy atom. The van der Waals surface area contributed by atoms with Crippen molar-refractivity contribution in [1.82, 2.24) is 9.62 Å². The van der Waals surface area contributed by atoms with Gasteiger partial charge in [0, 0.05) is 6.54 Å². The van der Waals surface area contributed by atoms with Gasteiger partial charge in [-0.3, -0.25) is 4.90 Å². The quantitative estimate of drug-likeness (QED) is 0.820. The van der Waals surface area contributed by atoms with E-state index in [1.807, 2.05) is 31.2 Å². The molecule has 0 bridgehead atoms. The summed E-state index contributed by atoms with van der Waals surface area (Å²) in [5.41, 5.74) is 1.13. The fraction of sp³-hybridized carbons (Fsp3) is 0.474. The van der Waals surface area contributed by atoms with Crippen molar-refractivity contribution in [1.29, 1.82) is 0 Å². The molecule has 1 N–H and O–H groups in total. The number of nitrogens with one attached hydrogen (secondary N) is 1. The molecule has 1 aliphatic rings. The Balaban J connectivity index is 1.73. The van der Waals surface area contributed by atoms with E-state index in [9.17, 15) is 8.42 Å². The van der Waals surface area contributed by atoms with Crippen molar-refractivity contribution in [2.45, 2.75) is 43.5 Å². The van der Waals surface area contributed by atoms with Gasteiger partial charge in [-0.25, -0.2) is 13.1 Å². The molecule has 1 aromatic heterocycles. The van der Waals surface area contributed by atoms with Gasteiger partial charge in [0.25, 0.3) is 0 Å². The van der Waals surface area contributed by atoms with Gasteiger partial charge in [0.1, 0.15) is 5.76 Å². The number of likely N-dealkylation sites (tertiary alicyclic amines) is 1. The monoisotopic (exact) mass is 362 g/mol. The first kappa shape index (κ1) is 18.2. The van der Waals surface area contributed by atoms with Crippen molar-refractivity contribution in [2.24, 2.45) is 0 Å². The summed E-state index contributed by atoms with van der Waals surface area (Å²) in [4.78, 5) is 2.62. The van der Waals surface area contributed by atoms with Crippen molar-refractivity contribution in [3.8, 4) is 0 Å². The van der Waals surface area contributed by atoms with Gasteiger partial charge < -0.3 is 4.42 Å². The third kappa shape index (κ3) is 4.51. The third-order valence-electron chi connectivity index (χ3n) is 4.81. The fourth-order valence-corrected chi connectivity index (χ4v) is 4.34. The lowest BCUT2D eigenvalue weighted by molar-refractivity contribution is 0.147.